The molecule has 1 saturated heterocycles. The molecule has 0 bridgehead atoms. The molecule has 4 aromatic rings. The predicted octanol–water partition coefficient (Wildman–Crippen LogP) is 4.16. The normalized spacial score (nSPS) is 15.5. The number of fused-ring (bicyclic) bond motifs is 1. The summed E-state index contributed by atoms with van der Waals surface area (Å²) in [5.41, 5.74) is 4.42. The predicted molar refractivity (Wildman–Crippen MR) is 142 cm³/mol. The summed E-state index contributed by atoms with van der Waals surface area (Å²) in [5, 5.41) is 4.75. The summed E-state index contributed by atoms with van der Waals surface area (Å²) in [4.78, 5) is 11.4. The van der Waals surface area contributed by atoms with E-state index in [1.54, 1.807) is 27.2 Å². The Hall–Kier alpha value is -3.30. The van der Waals surface area contributed by atoms with Gasteiger partial charge in [-0.15, -0.1) is 5.10 Å². The first-order valence-corrected chi connectivity index (χ1v) is 13.8. The number of sulfonamides is 1. The van der Waals surface area contributed by atoms with Gasteiger partial charge in [-0.1, -0.05) is 64.1 Å². The first-order chi connectivity index (χ1) is 17.2. The Morgan fingerprint density at radius 1 is 0.889 bits per heavy atom. The second kappa shape index (κ2) is 9.29. The highest BCUT2D eigenvalue weighted by molar-refractivity contribution is 7.89. The maximum atomic E-state index is 13.1. The van der Waals surface area contributed by atoms with Gasteiger partial charge in [0.25, 0.3) is 5.78 Å². The minimum atomic E-state index is -3.53. The van der Waals surface area contributed by atoms with Crippen LogP contribution < -0.4 is 4.90 Å². The summed E-state index contributed by atoms with van der Waals surface area (Å²) < 4.78 is 29.5. The van der Waals surface area contributed by atoms with Crippen LogP contribution in [-0.4, -0.2) is 58.5 Å². The summed E-state index contributed by atoms with van der Waals surface area (Å²) in [6.07, 6.45) is 2.62. The van der Waals surface area contributed by atoms with Crippen molar-refractivity contribution in [3.05, 3.63) is 71.9 Å². The molecule has 0 atom stereocenters. The fraction of sp³-hybridized carbons (Fsp3) is 0.370. The lowest BCUT2D eigenvalue weighted by Gasteiger charge is -2.33. The van der Waals surface area contributed by atoms with Gasteiger partial charge in [-0.05, 0) is 41.2 Å². The summed E-state index contributed by atoms with van der Waals surface area (Å²) in [7, 11) is -3.53. The molecule has 0 radical (unpaired) electrons. The second-order valence-corrected chi connectivity index (χ2v) is 12.1. The van der Waals surface area contributed by atoms with E-state index in [1.165, 1.54) is 5.56 Å². The standard InChI is InChI=1S/C27H32N6O2S/c1-5-20-6-12-23(13-7-20)36(34,35)32-18-16-31(17-19-32)26-29-25-28-15-14-24(33(25)30-26)21-8-10-22(11-9-21)27(2,3)4/h6-15H,5,16-19H2,1-4H3. The molecule has 0 saturated carbocycles. The van der Waals surface area contributed by atoms with Crippen LogP contribution in [0.1, 0.15) is 38.8 Å². The van der Waals surface area contributed by atoms with Crippen molar-refractivity contribution < 1.29 is 8.42 Å². The molecule has 1 aliphatic heterocycles. The van der Waals surface area contributed by atoms with Crippen molar-refractivity contribution in [3.63, 3.8) is 0 Å². The van der Waals surface area contributed by atoms with E-state index in [1.807, 2.05) is 23.1 Å². The second-order valence-electron chi connectivity index (χ2n) is 10.2. The summed E-state index contributed by atoms with van der Waals surface area (Å²) >= 11 is 0. The number of hydrogen-bond donors (Lipinski definition) is 0. The molecule has 36 heavy (non-hydrogen) atoms. The maximum Gasteiger partial charge on any atom is 0.254 e. The van der Waals surface area contributed by atoms with Crippen LogP contribution in [0.3, 0.4) is 0 Å². The molecule has 2 aromatic heterocycles. The average molecular weight is 505 g/mol. The molecule has 188 valence electrons. The molecule has 5 rings (SSSR count). The van der Waals surface area contributed by atoms with Gasteiger partial charge in [0.1, 0.15) is 0 Å². The Balaban J connectivity index is 1.34. The number of benzene rings is 2. The zero-order chi connectivity index (χ0) is 25.5. The van der Waals surface area contributed by atoms with Crippen LogP contribution in [0.4, 0.5) is 5.95 Å². The lowest BCUT2D eigenvalue weighted by atomic mass is 9.86. The molecule has 8 nitrogen and oxygen atoms in total. The Labute approximate surface area is 212 Å². The Morgan fingerprint density at radius 3 is 2.17 bits per heavy atom. The number of hydrogen-bond acceptors (Lipinski definition) is 6. The van der Waals surface area contributed by atoms with Gasteiger partial charge in [-0.2, -0.15) is 13.8 Å². The molecule has 1 fully saturated rings. The van der Waals surface area contributed by atoms with Gasteiger partial charge >= 0.3 is 0 Å². The molecule has 9 heteroatoms. The van der Waals surface area contributed by atoms with E-state index >= 15 is 0 Å². The number of nitrogens with zero attached hydrogens (tertiary/aromatic N) is 6. The van der Waals surface area contributed by atoms with Crippen molar-refractivity contribution in [3.8, 4) is 11.3 Å². The van der Waals surface area contributed by atoms with Gasteiger partial charge in [-0.25, -0.2) is 13.4 Å². The first kappa shape index (κ1) is 24.4. The zero-order valence-electron chi connectivity index (χ0n) is 21.2. The Kier molecular flexibility index (Phi) is 6.30. The fourth-order valence-corrected chi connectivity index (χ4v) is 5.87. The number of anilines is 1. The lowest BCUT2D eigenvalue weighted by molar-refractivity contribution is 0.382. The first-order valence-electron chi connectivity index (χ1n) is 12.3. The van der Waals surface area contributed by atoms with Crippen LogP contribution in [-0.2, 0) is 21.9 Å². The molecule has 0 aliphatic carbocycles. The number of piperazine rings is 1. The average Bonchev–Trinajstić information content (AvgIpc) is 3.33. The van der Waals surface area contributed by atoms with E-state index < -0.39 is 10.0 Å². The lowest BCUT2D eigenvalue weighted by Crippen LogP contribution is -2.49. The molecule has 0 amide bonds. The van der Waals surface area contributed by atoms with Crippen molar-refractivity contribution in [1.29, 1.82) is 0 Å². The van der Waals surface area contributed by atoms with E-state index in [9.17, 15) is 8.42 Å². The number of rotatable bonds is 5. The van der Waals surface area contributed by atoms with Gasteiger partial charge in [0, 0.05) is 37.9 Å². The maximum absolute atomic E-state index is 13.1. The molecule has 3 heterocycles. The highest BCUT2D eigenvalue weighted by Crippen LogP contribution is 2.27. The Morgan fingerprint density at radius 2 is 1.56 bits per heavy atom. The quantitative estimate of drug-likeness (QED) is 0.406. The largest absolute Gasteiger partial charge is 0.337 e. The summed E-state index contributed by atoms with van der Waals surface area (Å²) in [6, 6.07) is 17.6. The fourth-order valence-electron chi connectivity index (χ4n) is 4.45. The van der Waals surface area contributed by atoms with Crippen molar-refractivity contribution in [2.75, 3.05) is 31.1 Å². The van der Waals surface area contributed by atoms with E-state index in [4.69, 9.17) is 5.10 Å². The number of aromatic nitrogens is 4. The molecule has 0 unspecified atom stereocenters. The van der Waals surface area contributed by atoms with E-state index in [-0.39, 0.29) is 5.41 Å². The molecule has 2 aromatic carbocycles. The SMILES string of the molecule is CCc1ccc(S(=O)(=O)N2CCN(c3nc4nccc(-c5ccc(C(C)(C)C)cc5)n4n3)CC2)cc1. The van der Waals surface area contributed by atoms with Gasteiger partial charge in [0.2, 0.25) is 16.0 Å². The minimum Gasteiger partial charge on any atom is -0.337 e. The van der Waals surface area contributed by atoms with Crippen LogP contribution >= 0.6 is 0 Å². The van der Waals surface area contributed by atoms with Gasteiger partial charge in [-0.3, -0.25) is 0 Å². The molecule has 0 spiro atoms. The van der Waals surface area contributed by atoms with E-state index in [0.717, 1.165) is 23.2 Å². The van der Waals surface area contributed by atoms with Crippen LogP contribution in [0.25, 0.3) is 17.0 Å². The third kappa shape index (κ3) is 4.60. The summed E-state index contributed by atoms with van der Waals surface area (Å²) in [6.45, 7) is 10.4. The van der Waals surface area contributed by atoms with Crippen molar-refractivity contribution in [1.82, 2.24) is 23.9 Å². The number of aryl methyl sites for hydroxylation is 1. The highest BCUT2D eigenvalue weighted by atomic mass is 32.2. The zero-order valence-corrected chi connectivity index (χ0v) is 22.0. The molecular weight excluding hydrogens is 472 g/mol. The van der Waals surface area contributed by atoms with Crippen molar-refractivity contribution >= 4 is 21.7 Å². The van der Waals surface area contributed by atoms with Crippen molar-refractivity contribution in [2.24, 2.45) is 0 Å². The third-order valence-corrected chi connectivity index (χ3v) is 8.68. The van der Waals surface area contributed by atoms with Crippen LogP contribution in [0, 0.1) is 0 Å². The van der Waals surface area contributed by atoms with Crippen LogP contribution in [0.2, 0.25) is 0 Å². The van der Waals surface area contributed by atoms with E-state index in [2.05, 4.69) is 61.9 Å². The van der Waals surface area contributed by atoms with Crippen LogP contribution in [0.5, 0.6) is 0 Å². The summed E-state index contributed by atoms with van der Waals surface area (Å²) in [5.74, 6) is 1.08. The van der Waals surface area contributed by atoms with Gasteiger partial charge in [0.05, 0.1) is 10.6 Å². The third-order valence-electron chi connectivity index (χ3n) is 6.77. The molecule has 1 aliphatic rings. The highest BCUT2D eigenvalue weighted by Gasteiger charge is 2.30. The van der Waals surface area contributed by atoms with Gasteiger partial charge < -0.3 is 4.90 Å². The minimum absolute atomic E-state index is 0.0844. The molecule has 0 N–H and O–H groups in total. The topological polar surface area (TPSA) is 83.7 Å². The smallest absolute Gasteiger partial charge is 0.254 e. The Bertz CT molecular complexity index is 1460. The van der Waals surface area contributed by atoms with E-state index in [0.29, 0.717) is 42.8 Å². The monoisotopic (exact) mass is 504 g/mol. The van der Waals surface area contributed by atoms with Crippen LogP contribution in [0.15, 0.2) is 65.7 Å². The van der Waals surface area contributed by atoms with Gasteiger partial charge in [0.15, 0.2) is 0 Å². The molecular formula is C27H32N6O2S. The van der Waals surface area contributed by atoms with Crippen molar-refractivity contribution in [2.45, 2.75) is 44.4 Å².